The predicted octanol–water partition coefficient (Wildman–Crippen LogP) is 1.34. The second kappa shape index (κ2) is 3.70. The van der Waals surface area contributed by atoms with Crippen molar-refractivity contribution in [3.63, 3.8) is 0 Å². The molecule has 0 saturated heterocycles. The highest BCUT2D eigenvalue weighted by molar-refractivity contribution is 5.10. The van der Waals surface area contributed by atoms with E-state index in [1.54, 1.807) is 0 Å². The van der Waals surface area contributed by atoms with Gasteiger partial charge in [-0.15, -0.1) is 0 Å². The van der Waals surface area contributed by atoms with Crippen LogP contribution in [0.25, 0.3) is 0 Å². The fraction of sp³-hybridized carbons (Fsp3) is 0.556. The van der Waals surface area contributed by atoms with Gasteiger partial charge in [-0.25, -0.2) is 4.98 Å². The normalized spacial score (nSPS) is 18.7. The van der Waals surface area contributed by atoms with Gasteiger partial charge in [0.1, 0.15) is 12.4 Å². The first-order valence-electron chi connectivity index (χ1n) is 4.57. The number of aromatic amines is 1. The van der Waals surface area contributed by atoms with Crippen molar-refractivity contribution in [1.82, 2.24) is 15.2 Å². The molecule has 1 aromatic rings. The fourth-order valence-electron chi connectivity index (χ4n) is 1.64. The van der Waals surface area contributed by atoms with Gasteiger partial charge in [-0.05, 0) is 19.3 Å². The lowest BCUT2D eigenvalue weighted by Gasteiger charge is -2.07. The van der Waals surface area contributed by atoms with Crippen LogP contribution >= 0.6 is 0 Å². The van der Waals surface area contributed by atoms with E-state index < -0.39 is 6.10 Å². The van der Waals surface area contributed by atoms with Gasteiger partial charge in [0.2, 0.25) is 0 Å². The van der Waals surface area contributed by atoms with Crippen LogP contribution in [0.5, 0.6) is 0 Å². The maximum atomic E-state index is 9.70. The molecular formula is C9H13N3O. The summed E-state index contributed by atoms with van der Waals surface area (Å²) in [6, 6.07) is 0. The average Bonchev–Trinajstić information content (AvgIpc) is 2.74. The van der Waals surface area contributed by atoms with Crippen molar-refractivity contribution in [2.75, 3.05) is 0 Å². The highest BCUT2D eigenvalue weighted by Gasteiger charge is 2.14. The molecule has 13 heavy (non-hydrogen) atoms. The summed E-state index contributed by atoms with van der Waals surface area (Å²) in [4.78, 5) is 3.91. The number of aromatic nitrogens is 3. The average molecular weight is 179 g/mol. The van der Waals surface area contributed by atoms with Crippen LogP contribution in [0.3, 0.4) is 0 Å². The summed E-state index contributed by atoms with van der Waals surface area (Å²) in [7, 11) is 0. The van der Waals surface area contributed by atoms with Crippen molar-refractivity contribution >= 4 is 0 Å². The molecule has 0 aliphatic heterocycles. The lowest BCUT2D eigenvalue weighted by Crippen LogP contribution is -2.00. The van der Waals surface area contributed by atoms with Crippen LogP contribution in [-0.2, 0) is 0 Å². The van der Waals surface area contributed by atoms with Crippen LogP contribution in [0.15, 0.2) is 18.0 Å². The van der Waals surface area contributed by atoms with Crippen LogP contribution in [-0.4, -0.2) is 20.3 Å². The third kappa shape index (κ3) is 1.95. The molecule has 1 aliphatic rings. The van der Waals surface area contributed by atoms with Crippen LogP contribution in [0.4, 0.5) is 0 Å². The van der Waals surface area contributed by atoms with E-state index in [0.717, 1.165) is 12.8 Å². The maximum absolute atomic E-state index is 9.70. The third-order valence-electron chi connectivity index (χ3n) is 2.34. The molecule has 2 N–H and O–H groups in total. The van der Waals surface area contributed by atoms with Gasteiger partial charge in [-0.3, -0.25) is 5.10 Å². The number of H-pyrrole nitrogens is 1. The van der Waals surface area contributed by atoms with E-state index in [1.807, 2.05) is 0 Å². The maximum Gasteiger partial charge on any atom is 0.153 e. The van der Waals surface area contributed by atoms with Gasteiger partial charge in [0, 0.05) is 6.42 Å². The van der Waals surface area contributed by atoms with E-state index in [-0.39, 0.29) is 0 Å². The molecule has 0 saturated carbocycles. The molecule has 4 heteroatoms. The summed E-state index contributed by atoms with van der Waals surface area (Å²) in [6.45, 7) is 0. The first-order chi connectivity index (χ1) is 6.36. The number of hydrogen-bond acceptors (Lipinski definition) is 3. The van der Waals surface area contributed by atoms with Crippen molar-refractivity contribution < 1.29 is 5.11 Å². The van der Waals surface area contributed by atoms with E-state index in [4.69, 9.17) is 0 Å². The van der Waals surface area contributed by atoms with Gasteiger partial charge < -0.3 is 5.11 Å². The second-order valence-corrected chi connectivity index (χ2v) is 3.35. The Bertz CT molecular complexity index is 292. The van der Waals surface area contributed by atoms with Gasteiger partial charge in [-0.2, -0.15) is 5.10 Å². The monoisotopic (exact) mass is 179 g/mol. The van der Waals surface area contributed by atoms with Crippen molar-refractivity contribution in [1.29, 1.82) is 0 Å². The summed E-state index contributed by atoms with van der Waals surface area (Å²) < 4.78 is 0. The summed E-state index contributed by atoms with van der Waals surface area (Å²) in [5, 5.41) is 16.1. The zero-order valence-corrected chi connectivity index (χ0v) is 7.40. The van der Waals surface area contributed by atoms with E-state index in [9.17, 15) is 5.11 Å². The van der Waals surface area contributed by atoms with Crippen molar-refractivity contribution in [3.8, 4) is 0 Å². The lowest BCUT2D eigenvalue weighted by atomic mass is 10.1. The Labute approximate surface area is 76.7 Å². The molecule has 0 spiro atoms. The Kier molecular flexibility index (Phi) is 2.40. The summed E-state index contributed by atoms with van der Waals surface area (Å²) in [5.41, 5.74) is 1.34. The predicted molar refractivity (Wildman–Crippen MR) is 47.9 cm³/mol. The number of nitrogens with zero attached hydrogens (tertiary/aromatic N) is 2. The molecule has 0 bridgehead atoms. The van der Waals surface area contributed by atoms with Crippen LogP contribution in [0.2, 0.25) is 0 Å². The Morgan fingerprint density at radius 1 is 1.62 bits per heavy atom. The standard InChI is InChI=1S/C9H13N3O/c13-8(9-10-6-11-12-9)5-7-3-1-2-4-7/h3,6,8,13H,1-2,4-5H2,(H,10,11,12). The lowest BCUT2D eigenvalue weighted by molar-refractivity contribution is 0.168. The van der Waals surface area contributed by atoms with Gasteiger partial charge >= 0.3 is 0 Å². The third-order valence-corrected chi connectivity index (χ3v) is 2.34. The second-order valence-electron chi connectivity index (χ2n) is 3.35. The molecule has 0 fully saturated rings. The van der Waals surface area contributed by atoms with Gasteiger partial charge in [0.25, 0.3) is 0 Å². The summed E-state index contributed by atoms with van der Waals surface area (Å²) in [5.74, 6) is 0.563. The number of allylic oxidation sites excluding steroid dienone is 1. The fourth-order valence-corrected chi connectivity index (χ4v) is 1.64. The topological polar surface area (TPSA) is 61.8 Å². The number of hydrogen-bond donors (Lipinski definition) is 2. The molecule has 1 aliphatic carbocycles. The molecular weight excluding hydrogens is 166 g/mol. The molecule has 0 aromatic carbocycles. The molecule has 2 rings (SSSR count). The largest absolute Gasteiger partial charge is 0.385 e. The molecule has 4 nitrogen and oxygen atoms in total. The minimum Gasteiger partial charge on any atom is -0.385 e. The summed E-state index contributed by atoms with van der Waals surface area (Å²) in [6.07, 6.45) is 7.28. The van der Waals surface area contributed by atoms with Crippen molar-refractivity contribution in [2.45, 2.75) is 31.8 Å². The Morgan fingerprint density at radius 2 is 2.54 bits per heavy atom. The molecule has 1 unspecified atom stereocenters. The highest BCUT2D eigenvalue weighted by atomic mass is 16.3. The Morgan fingerprint density at radius 3 is 3.15 bits per heavy atom. The van der Waals surface area contributed by atoms with Crippen LogP contribution in [0, 0.1) is 0 Å². The van der Waals surface area contributed by atoms with E-state index >= 15 is 0 Å². The number of aliphatic hydroxyl groups is 1. The van der Waals surface area contributed by atoms with Crippen molar-refractivity contribution in [3.05, 3.63) is 23.8 Å². The number of rotatable bonds is 3. The van der Waals surface area contributed by atoms with E-state index in [1.165, 1.54) is 18.3 Å². The molecule has 0 radical (unpaired) electrons. The molecule has 1 heterocycles. The van der Waals surface area contributed by atoms with Crippen LogP contribution < -0.4 is 0 Å². The molecule has 0 amide bonds. The number of nitrogens with one attached hydrogen (secondary N) is 1. The Hall–Kier alpha value is -1.16. The first-order valence-corrected chi connectivity index (χ1v) is 4.57. The molecule has 1 atom stereocenters. The molecule has 1 aromatic heterocycles. The highest BCUT2D eigenvalue weighted by Crippen LogP contribution is 2.26. The van der Waals surface area contributed by atoms with Crippen LogP contribution in [0.1, 0.15) is 37.6 Å². The first kappa shape index (κ1) is 8.44. The van der Waals surface area contributed by atoms with Gasteiger partial charge in [0.05, 0.1) is 0 Å². The smallest absolute Gasteiger partial charge is 0.153 e. The minimum absolute atomic E-state index is 0.521. The van der Waals surface area contributed by atoms with Crippen molar-refractivity contribution in [2.24, 2.45) is 0 Å². The van der Waals surface area contributed by atoms with Gasteiger partial charge in [-0.1, -0.05) is 11.6 Å². The van der Waals surface area contributed by atoms with E-state index in [2.05, 4.69) is 21.3 Å². The Balaban J connectivity index is 1.95. The SMILES string of the molecule is OC(CC1=CCCC1)c1ncn[nH]1. The number of aliphatic hydroxyl groups excluding tert-OH is 1. The summed E-state index contributed by atoms with van der Waals surface area (Å²) >= 11 is 0. The minimum atomic E-state index is -0.521. The molecule has 70 valence electrons. The van der Waals surface area contributed by atoms with E-state index in [0.29, 0.717) is 12.2 Å². The quantitative estimate of drug-likeness (QED) is 0.688. The van der Waals surface area contributed by atoms with Gasteiger partial charge in [0.15, 0.2) is 5.82 Å². The zero-order valence-electron chi connectivity index (χ0n) is 7.40. The zero-order chi connectivity index (χ0) is 9.10.